The molecule has 0 unspecified atom stereocenters. The number of aryl methyl sites for hydroxylation is 1. The number of carbonyl (C=O) groups excluding carboxylic acids is 2. The van der Waals surface area contributed by atoms with Crippen molar-refractivity contribution in [2.75, 3.05) is 11.9 Å². The number of nitrogens with one attached hydrogen (secondary N) is 1. The number of aromatic nitrogens is 2. The molecule has 0 radical (unpaired) electrons. The average Bonchev–Trinajstić information content (AvgIpc) is 3.25. The minimum absolute atomic E-state index is 0.190. The van der Waals surface area contributed by atoms with Gasteiger partial charge in [0.05, 0.1) is 0 Å². The van der Waals surface area contributed by atoms with Gasteiger partial charge in [0.25, 0.3) is 5.91 Å². The second-order valence-electron chi connectivity index (χ2n) is 6.53. The number of hydrogen-bond donors (Lipinski definition) is 1. The zero-order valence-corrected chi connectivity index (χ0v) is 15.8. The summed E-state index contributed by atoms with van der Waals surface area (Å²) < 4.78 is 0. The van der Waals surface area contributed by atoms with Crippen LogP contribution in [0.1, 0.15) is 60.0 Å². The van der Waals surface area contributed by atoms with E-state index in [0.29, 0.717) is 23.7 Å². The van der Waals surface area contributed by atoms with E-state index in [9.17, 15) is 9.59 Å². The first-order valence-corrected chi connectivity index (χ1v) is 9.98. The Bertz CT molecular complexity index is 757. The Hall–Kier alpha value is -2.28. The van der Waals surface area contributed by atoms with Crippen molar-refractivity contribution >= 4 is 28.3 Å². The molecule has 1 N–H and O–H groups in total. The van der Waals surface area contributed by atoms with Crippen LogP contribution >= 0.6 is 11.3 Å². The predicted octanol–water partition coefficient (Wildman–Crippen LogP) is 3.65. The van der Waals surface area contributed by atoms with Crippen LogP contribution in [0.3, 0.4) is 0 Å². The number of likely N-dealkylation sites (tertiary alicyclic amines) is 1. The molecule has 0 aliphatic carbocycles. The van der Waals surface area contributed by atoms with Gasteiger partial charge in [0.2, 0.25) is 11.0 Å². The number of hydrogen-bond acceptors (Lipinski definition) is 5. The van der Waals surface area contributed by atoms with Crippen LogP contribution in [0.25, 0.3) is 0 Å². The molecule has 1 aliphatic rings. The highest BCUT2D eigenvalue weighted by molar-refractivity contribution is 7.15. The second-order valence-corrected chi connectivity index (χ2v) is 7.59. The maximum atomic E-state index is 12.4. The van der Waals surface area contributed by atoms with E-state index in [4.69, 9.17) is 0 Å². The monoisotopic (exact) mass is 372 g/mol. The summed E-state index contributed by atoms with van der Waals surface area (Å²) >= 11 is 1.43. The molecule has 1 aliphatic heterocycles. The molecule has 0 spiro atoms. The fourth-order valence-corrected chi connectivity index (χ4v) is 3.73. The van der Waals surface area contributed by atoms with Crippen molar-refractivity contribution in [2.24, 2.45) is 0 Å². The highest BCUT2D eigenvalue weighted by Gasteiger charge is 2.20. The SMILES string of the molecule is CCCCCc1nnc(NC(=O)c2ccc(CN3CCCC3=O)cc2)s1. The first kappa shape index (κ1) is 18.5. The lowest BCUT2D eigenvalue weighted by Gasteiger charge is -2.15. The largest absolute Gasteiger partial charge is 0.338 e. The van der Waals surface area contributed by atoms with Crippen LogP contribution in [0.15, 0.2) is 24.3 Å². The van der Waals surface area contributed by atoms with E-state index in [-0.39, 0.29) is 11.8 Å². The Balaban J connectivity index is 1.54. The number of anilines is 1. The second kappa shape index (κ2) is 8.89. The van der Waals surface area contributed by atoms with Gasteiger partial charge < -0.3 is 4.90 Å². The van der Waals surface area contributed by atoms with Crippen LogP contribution < -0.4 is 5.32 Å². The summed E-state index contributed by atoms with van der Waals surface area (Å²) in [5.41, 5.74) is 1.61. The molecular formula is C19H24N4O2S. The van der Waals surface area contributed by atoms with Gasteiger partial charge in [-0.1, -0.05) is 43.2 Å². The molecule has 26 heavy (non-hydrogen) atoms. The number of rotatable bonds is 8. The lowest BCUT2D eigenvalue weighted by molar-refractivity contribution is -0.128. The van der Waals surface area contributed by atoms with Gasteiger partial charge >= 0.3 is 0 Å². The van der Waals surface area contributed by atoms with Gasteiger partial charge in [-0.05, 0) is 30.5 Å². The molecule has 0 saturated carbocycles. The summed E-state index contributed by atoms with van der Waals surface area (Å²) in [5, 5.41) is 12.5. The van der Waals surface area contributed by atoms with Gasteiger partial charge in [-0.2, -0.15) is 0 Å². The maximum absolute atomic E-state index is 12.4. The van der Waals surface area contributed by atoms with E-state index in [2.05, 4.69) is 22.4 Å². The van der Waals surface area contributed by atoms with Crippen LogP contribution in [0.5, 0.6) is 0 Å². The lowest BCUT2D eigenvalue weighted by atomic mass is 10.1. The van der Waals surface area contributed by atoms with Crippen molar-refractivity contribution in [1.82, 2.24) is 15.1 Å². The Kier molecular flexibility index (Phi) is 6.33. The molecule has 2 aromatic rings. The van der Waals surface area contributed by atoms with Crippen LogP contribution in [-0.2, 0) is 17.8 Å². The molecule has 2 heterocycles. The van der Waals surface area contributed by atoms with Gasteiger partial charge in [0, 0.05) is 31.5 Å². The molecule has 138 valence electrons. The minimum atomic E-state index is -0.190. The van der Waals surface area contributed by atoms with Gasteiger partial charge in [-0.15, -0.1) is 10.2 Å². The number of nitrogens with zero attached hydrogens (tertiary/aromatic N) is 3. The molecule has 0 atom stereocenters. The maximum Gasteiger partial charge on any atom is 0.257 e. The zero-order chi connectivity index (χ0) is 18.4. The molecule has 6 nitrogen and oxygen atoms in total. The zero-order valence-electron chi connectivity index (χ0n) is 15.0. The Labute approximate surface area is 157 Å². The number of amides is 2. The van der Waals surface area contributed by atoms with Crippen molar-refractivity contribution in [3.63, 3.8) is 0 Å². The molecule has 7 heteroatoms. The quantitative estimate of drug-likeness (QED) is 0.718. The summed E-state index contributed by atoms with van der Waals surface area (Å²) in [6.07, 6.45) is 5.93. The standard InChI is InChI=1S/C19H24N4O2S/c1-2-3-4-6-16-21-22-19(26-16)20-18(25)15-10-8-14(9-11-15)13-23-12-5-7-17(23)24/h8-11H,2-7,12-13H2,1H3,(H,20,22,25). The molecular weight excluding hydrogens is 348 g/mol. The summed E-state index contributed by atoms with van der Waals surface area (Å²) in [5.74, 6) is 0.0166. The van der Waals surface area contributed by atoms with Gasteiger partial charge in [0.1, 0.15) is 5.01 Å². The highest BCUT2D eigenvalue weighted by atomic mass is 32.1. The third-order valence-electron chi connectivity index (χ3n) is 4.44. The summed E-state index contributed by atoms with van der Waals surface area (Å²) in [6.45, 7) is 3.59. The summed E-state index contributed by atoms with van der Waals surface area (Å²) in [7, 11) is 0. The van der Waals surface area contributed by atoms with Crippen LogP contribution in [0.4, 0.5) is 5.13 Å². The number of benzene rings is 1. The van der Waals surface area contributed by atoms with E-state index in [1.807, 2.05) is 17.0 Å². The number of unbranched alkanes of at least 4 members (excludes halogenated alkanes) is 2. The van der Waals surface area contributed by atoms with Crippen molar-refractivity contribution in [2.45, 2.75) is 52.0 Å². The first-order valence-electron chi connectivity index (χ1n) is 9.16. The first-order chi connectivity index (χ1) is 12.7. The topological polar surface area (TPSA) is 75.2 Å². The van der Waals surface area contributed by atoms with Crippen molar-refractivity contribution < 1.29 is 9.59 Å². The molecule has 0 bridgehead atoms. The smallest absolute Gasteiger partial charge is 0.257 e. The third-order valence-corrected chi connectivity index (χ3v) is 5.34. The normalized spacial score (nSPS) is 14.0. The van der Waals surface area contributed by atoms with Gasteiger partial charge in [0.15, 0.2) is 0 Å². The Morgan fingerprint density at radius 1 is 1.23 bits per heavy atom. The average molecular weight is 372 g/mol. The summed E-state index contributed by atoms with van der Waals surface area (Å²) in [6, 6.07) is 7.37. The lowest BCUT2D eigenvalue weighted by Crippen LogP contribution is -2.23. The molecule has 1 fully saturated rings. The van der Waals surface area contributed by atoms with Gasteiger partial charge in [-0.3, -0.25) is 14.9 Å². The van der Waals surface area contributed by atoms with E-state index >= 15 is 0 Å². The molecule has 2 amide bonds. The van der Waals surface area contributed by atoms with Gasteiger partial charge in [-0.25, -0.2) is 0 Å². The van der Waals surface area contributed by atoms with E-state index < -0.39 is 0 Å². The minimum Gasteiger partial charge on any atom is -0.338 e. The highest BCUT2D eigenvalue weighted by Crippen LogP contribution is 2.19. The van der Waals surface area contributed by atoms with Crippen LogP contribution in [-0.4, -0.2) is 33.5 Å². The van der Waals surface area contributed by atoms with E-state index in [0.717, 1.165) is 36.4 Å². The van der Waals surface area contributed by atoms with Crippen molar-refractivity contribution in [3.8, 4) is 0 Å². The Morgan fingerprint density at radius 3 is 2.73 bits per heavy atom. The predicted molar refractivity (Wildman–Crippen MR) is 102 cm³/mol. The fraction of sp³-hybridized carbons (Fsp3) is 0.474. The van der Waals surface area contributed by atoms with E-state index in [1.54, 1.807) is 12.1 Å². The van der Waals surface area contributed by atoms with Crippen LogP contribution in [0.2, 0.25) is 0 Å². The molecule has 1 saturated heterocycles. The fourth-order valence-electron chi connectivity index (χ4n) is 2.95. The Morgan fingerprint density at radius 2 is 2.04 bits per heavy atom. The van der Waals surface area contributed by atoms with E-state index in [1.165, 1.54) is 24.2 Å². The molecule has 3 rings (SSSR count). The van der Waals surface area contributed by atoms with Crippen LogP contribution in [0, 0.1) is 0 Å². The van der Waals surface area contributed by atoms with Crippen molar-refractivity contribution in [3.05, 3.63) is 40.4 Å². The molecule has 1 aromatic heterocycles. The number of carbonyl (C=O) groups is 2. The molecule has 1 aromatic carbocycles. The van der Waals surface area contributed by atoms with Crippen molar-refractivity contribution in [1.29, 1.82) is 0 Å². The third kappa shape index (κ3) is 4.88. The summed E-state index contributed by atoms with van der Waals surface area (Å²) in [4.78, 5) is 25.9.